The largest absolute Gasteiger partial charge is 0.444 e. The molecule has 0 radical (unpaired) electrons. The molecule has 6 nitrogen and oxygen atoms in total. The zero-order chi connectivity index (χ0) is 18.0. The van der Waals surface area contributed by atoms with E-state index in [1.54, 1.807) is 4.90 Å². The van der Waals surface area contributed by atoms with Crippen LogP contribution in [-0.2, 0) is 16.0 Å². The molecule has 1 aliphatic heterocycles. The lowest BCUT2D eigenvalue weighted by atomic mass is 10.1. The van der Waals surface area contributed by atoms with E-state index in [0.717, 1.165) is 29.6 Å². The third-order valence-corrected chi connectivity index (χ3v) is 4.24. The van der Waals surface area contributed by atoms with Gasteiger partial charge in [-0.3, -0.25) is 4.68 Å². The summed E-state index contributed by atoms with van der Waals surface area (Å²) in [6, 6.07) is 8.08. The van der Waals surface area contributed by atoms with Gasteiger partial charge in [0.15, 0.2) is 0 Å². The molecule has 0 spiro atoms. The minimum absolute atomic E-state index is 0.206. The first kappa shape index (κ1) is 17.7. The zero-order valence-corrected chi connectivity index (χ0v) is 15.5. The van der Waals surface area contributed by atoms with Crippen molar-refractivity contribution in [2.75, 3.05) is 19.7 Å². The Morgan fingerprint density at radius 1 is 1.40 bits per heavy atom. The van der Waals surface area contributed by atoms with E-state index < -0.39 is 5.60 Å². The molecule has 3 rings (SSSR count). The van der Waals surface area contributed by atoms with E-state index in [9.17, 15) is 4.79 Å². The lowest BCUT2D eigenvalue weighted by Crippen LogP contribution is -2.39. The van der Waals surface area contributed by atoms with Crippen LogP contribution in [0.15, 0.2) is 24.3 Å². The predicted molar refractivity (Wildman–Crippen MR) is 96.5 cm³/mol. The first-order chi connectivity index (χ1) is 11.9. The van der Waals surface area contributed by atoms with Crippen molar-refractivity contribution in [1.82, 2.24) is 14.7 Å². The number of fused-ring (bicyclic) bond motifs is 3. The number of ether oxygens (including phenoxy) is 2. The van der Waals surface area contributed by atoms with E-state index in [0.29, 0.717) is 19.7 Å². The molecule has 0 bridgehead atoms. The normalized spacial score (nSPS) is 17.8. The molecule has 0 saturated carbocycles. The summed E-state index contributed by atoms with van der Waals surface area (Å²) in [5, 5.41) is 5.80. The number of rotatable bonds is 3. The Kier molecular flexibility index (Phi) is 4.99. The van der Waals surface area contributed by atoms with Gasteiger partial charge in [-0.25, -0.2) is 4.79 Å². The molecule has 6 heteroatoms. The Morgan fingerprint density at radius 2 is 2.16 bits per heavy atom. The van der Waals surface area contributed by atoms with Crippen molar-refractivity contribution in [3.05, 3.63) is 30.0 Å². The number of amides is 1. The number of hydrogen-bond donors (Lipinski definition) is 0. The van der Waals surface area contributed by atoms with E-state index in [4.69, 9.17) is 14.6 Å². The number of carbonyl (C=O) groups is 1. The molecule has 1 aromatic carbocycles. The highest BCUT2D eigenvalue weighted by Gasteiger charge is 2.29. The molecule has 1 amide bonds. The van der Waals surface area contributed by atoms with Gasteiger partial charge in [0.25, 0.3) is 0 Å². The minimum atomic E-state index is -0.511. The number of aryl methyl sites for hydroxylation is 1. The van der Waals surface area contributed by atoms with Crippen LogP contribution in [-0.4, -0.2) is 46.1 Å². The summed E-state index contributed by atoms with van der Waals surface area (Å²) >= 11 is 0. The fourth-order valence-corrected chi connectivity index (χ4v) is 3.13. The standard InChI is InChI=1S/C19H27N3O3/c1-5-21(18(23)25-19(2,3)4)13-16-17-14-9-6-7-10-15(14)20-22(17)11-8-12-24-16/h6-7,9-10,16H,5,8,11-13H2,1-4H3. The van der Waals surface area contributed by atoms with Crippen molar-refractivity contribution >= 4 is 17.0 Å². The van der Waals surface area contributed by atoms with Crippen LogP contribution in [0.4, 0.5) is 4.79 Å². The van der Waals surface area contributed by atoms with Crippen molar-refractivity contribution < 1.29 is 14.3 Å². The highest BCUT2D eigenvalue weighted by molar-refractivity contribution is 5.82. The molecular formula is C19H27N3O3. The zero-order valence-electron chi connectivity index (χ0n) is 15.5. The van der Waals surface area contributed by atoms with Crippen LogP contribution in [0.5, 0.6) is 0 Å². The summed E-state index contributed by atoms with van der Waals surface area (Å²) < 4.78 is 13.7. The maximum absolute atomic E-state index is 12.5. The Bertz CT molecular complexity index is 748. The summed E-state index contributed by atoms with van der Waals surface area (Å²) in [6.45, 7) is 10.1. The lowest BCUT2D eigenvalue weighted by Gasteiger charge is -2.29. The lowest BCUT2D eigenvalue weighted by molar-refractivity contribution is -0.000870. The van der Waals surface area contributed by atoms with Crippen molar-refractivity contribution in [2.24, 2.45) is 0 Å². The number of hydrogen-bond acceptors (Lipinski definition) is 4. The number of nitrogens with zero attached hydrogens (tertiary/aromatic N) is 3. The van der Waals surface area contributed by atoms with Gasteiger partial charge in [0.2, 0.25) is 0 Å². The fourth-order valence-electron chi connectivity index (χ4n) is 3.13. The molecule has 1 aliphatic rings. The molecule has 136 valence electrons. The molecule has 2 aromatic rings. The van der Waals surface area contributed by atoms with Crippen LogP contribution in [0.25, 0.3) is 10.9 Å². The Labute approximate surface area is 148 Å². The number of aromatic nitrogens is 2. The third kappa shape index (κ3) is 3.95. The first-order valence-electron chi connectivity index (χ1n) is 8.94. The van der Waals surface area contributed by atoms with Gasteiger partial charge in [0.05, 0.1) is 17.8 Å². The van der Waals surface area contributed by atoms with Crippen LogP contribution in [0, 0.1) is 0 Å². The molecule has 0 fully saturated rings. The minimum Gasteiger partial charge on any atom is -0.444 e. The SMILES string of the molecule is CCN(CC1OCCCn2nc3ccccc3c21)C(=O)OC(C)(C)C. The van der Waals surface area contributed by atoms with E-state index in [-0.39, 0.29) is 12.2 Å². The maximum Gasteiger partial charge on any atom is 0.410 e. The summed E-state index contributed by atoms with van der Waals surface area (Å²) in [5.41, 5.74) is 1.51. The van der Waals surface area contributed by atoms with Gasteiger partial charge >= 0.3 is 6.09 Å². The summed E-state index contributed by atoms with van der Waals surface area (Å²) in [6.07, 6.45) is 0.399. The highest BCUT2D eigenvalue weighted by Crippen LogP contribution is 2.30. The molecule has 25 heavy (non-hydrogen) atoms. The molecule has 0 saturated heterocycles. The Balaban J connectivity index is 1.88. The van der Waals surface area contributed by atoms with E-state index >= 15 is 0 Å². The molecule has 2 heterocycles. The quantitative estimate of drug-likeness (QED) is 0.850. The molecule has 0 N–H and O–H groups in total. The molecular weight excluding hydrogens is 318 g/mol. The molecule has 1 unspecified atom stereocenters. The maximum atomic E-state index is 12.5. The van der Waals surface area contributed by atoms with Crippen molar-refractivity contribution in [3.8, 4) is 0 Å². The van der Waals surface area contributed by atoms with Crippen molar-refractivity contribution in [3.63, 3.8) is 0 Å². The van der Waals surface area contributed by atoms with Gasteiger partial charge in [0.1, 0.15) is 11.7 Å². The average molecular weight is 345 g/mol. The summed E-state index contributed by atoms with van der Waals surface area (Å²) in [5.74, 6) is 0. The van der Waals surface area contributed by atoms with Crippen LogP contribution in [0.1, 0.15) is 45.9 Å². The summed E-state index contributed by atoms with van der Waals surface area (Å²) in [7, 11) is 0. The highest BCUT2D eigenvalue weighted by atomic mass is 16.6. The van der Waals surface area contributed by atoms with Gasteiger partial charge in [0, 0.05) is 25.1 Å². The van der Waals surface area contributed by atoms with Gasteiger partial charge in [-0.15, -0.1) is 0 Å². The fraction of sp³-hybridized carbons (Fsp3) is 0.579. The van der Waals surface area contributed by atoms with E-state index in [1.807, 2.05) is 50.6 Å². The monoisotopic (exact) mass is 345 g/mol. The van der Waals surface area contributed by atoms with Gasteiger partial charge in [-0.2, -0.15) is 5.10 Å². The number of benzene rings is 1. The topological polar surface area (TPSA) is 56.6 Å². The Hall–Kier alpha value is -2.08. The second-order valence-corrected chi connectivity index (χ2v) is 7.36. The van der Waals surface area contributed by atoms with Crippen molar-refractivity contribution in [2.45, 2.75) is 52.4 Å². The van der Waals surface area contributed by atoms with Gasteiger partial charge in [-0.1, -0.05) is 18.2 Å². The van der Waals surface area contributed by atoms with Crippen molar-refractivity contribution in [1.29, 1.82) is 0 Å². The molecule has 1 atom stereocenters. The number of likely N-dealkylation sites (N-methyl/N-ethyl adjacent to an activating group) is 1. The van der Waals surface area contributed by atoms with Gasteiger partial charge < -0.3 is 14.4 Å². The van der Waals surface area contributed by atoms with Gasteiger partial charge in [-0.05, 0) is 40.2 Å². The number of carbonyl (C=O) groups excluding carboxylic acids is 1. The summed E-state index contributed by atoms with van der Waals surface area (Å²) in [4.78, 5) is 14.2. The second kappa shape index (κ2) is 7.04. The van der Waals surface area contributed by atoms with Crippen LogP contribution in [0.2, 0.25) is 0 Å². The third-order valence-electron chi connectivity index (χ3n) is 4.24. The predicted octanol–water partition coefficient (Wildman–Crippen LogP) is 3.75. The van der Waals surface area contributed by atoms with Crippen LogP contribution >= 0.6 is 0 Å². The van der Waals surface area contributed by atoms with E-state index in [2.05, 4.69) is 6.07 Å². The average Bonchev–Trinajstić information content (AvgIpc) is 2.79. The first-order valence-corrected chi connectivity index (χ1v) is 8.94. The van der Waals surface area contributed by atoms with Crippen LogP contribution < -0.4 is 0 Å². The van der Waals surface area contributed by atoms with Crippen LogP contribution in [0.3, 0.4) is 0 Å². The van der Waals surface area contributed by atoms with E-state index in [1.165, 1.54) is 0 Å². The smallest absolute Gasteiger partial charge is 0.410 e. The second-order valence-electron chi connectivity index (χ2n) is 7.36. The molecule has 0 aliphatic carbocycles. The molecule has 1 aromatic heterocycles. The Morgan fingerprint density at radius 3 is 2.88 bits per heavy atom.